The summed E-state index contributed by atoms with van der Waals surface area (Å²) in [5.74, 6) is -0.581. The van der Waals surface area contributed by atoms with Crippen LogP contribution in [0.2, 0.25) is 0 Å². The third kappa shape index (κ3) is 3.91. The summed E-state index contributed by atoms with van der Waals surface area (Å²) in [6, 6.07) is 8.14. The molecule has 0 aliphatic carbocycles. The van der Waals surface area contributed by atoms with Crippen molar-refractivity contribution in [3.8, 4) is 0 Å². The molecule has 1 aromatic carbocycles. The first-order valence-corrected chi connectivity index (χ1v) is 7.21. The van der Waals surface area contributed by atoms with Crippen LogP contribution in [0.4, 0.5) is 13.2 Å². The smallest absolute Gasteiger partial charge is 0.344 e. The molecular formula is C16H18F3N3O. The second kappa shape index (κ2) is 6.44. The Morgan fingerprint density at radius 2 is 1.91 bits per heavy atom. The fourth-order valence-electron chi connectivity index (χ4n) is 2.27. The lowest BCUT2D eigenvalue weighted by Crippen LogP contribution is -2.29. The molecule has 4 nitrogen and oxygen atoms in total. The molecule has 2 rings (SSSR count). The van der Waals surface area contributed by atoms with Crippen molar-refractivity contribution in [3.63, 3.8) is 0 Å². The first-order valence-electron chi connectivity index (χ1n) is 7.21. The zero-order chi connectivity index (χ0) is 17.2. The molecule has 0 radical (unpaired) electrons. The number of hydrogen-bond acceptors (Lipinski definition) is 2. The largest absolute Gasteiger partial charge is 0.435 e. The summed E-state index contributed by atoms with van der Waals surface area (Å²) in [6.07, 6.45) is -3.95. The summed E-state index contributed by atoms with van der Waals surface area (Å²) in [6.45, 7) is 3.85. The second-order valence-electron chi connectivity index (χ2n) is 5.38. The first kappa shape index (κ1) is 17.1. The minimum Gasteiger partial charge on any atom is -0.344 e. The monoisotopic (exact) mass is 325 g/mol. The standard InChI is InChI=1S/C16H18F3N3O/c1-4-12(11-7-5-10(2)6-8-11)20-15(23)13-9-14(16(17,18)19)21-22(13)3/h5-9,12H,4H2,1-3H3,(H,20,23). The lowest BCUT2D eigenvalue weighted by Gasteiger charge is -2.17. The number of halogens is 3. The average Bonchev–Trinajstić information content (AvgIpc) is 2.88. The van der Waals surface area contributed by atoms with Crippen molar-refractivity contribution in [1.82, 2.24) is 15.1 Å². The predicted molar refractivity (Wildman–Crippen MR) is 79.9 cm³/mol. The van der Waals surface area contributed by atoms with E-state index in [-0.39, 0.29) is 11.7 Å². The number of amides is 1. The zero-order valence-electron chi connectivity index (χ0n) is 13.1. The van der Waals surface area contributed by atoms with E-state index in [0.29, 0.717) is 6.42 Å². The maximum atomic E-state index is 12.7. The molecule has 2 aromatic rings. The number of benzene rings is 1. The highest BCUT2D eigenvalue weighted by molar-refractivity contribution is 5.93. The molecule has 7 heteroatoms. The number of alkyl halides is 3. The molecule has 124 valence electrons. The molecule has 0 saturated carbocycles. The van der Waals surface area contributed by atoms with E-state index in [4.69, 9.17) is 0 Å². The number of carbonyl (C=O) groups is 1. The number of nitrogens with zero attached hydrogens (tertiary/aromatic N) is 2. The van der Waals surface area contributed by atoms with Gasteiger partial charge in [-0.3, -0.25) is 9.48 Å². The maximum absolute atomic E-state index is 12.7. The molecule has 0 fully saturated rings. The lowest BCUT2D eigenvalue weighted by molar-refractivity contribution is -0.141. The fourth-order valence-corrected chi connectivity index (χ4v) is 2.27. The second-order valence-corrected chi connectivity index (χ2v) is 5.38. The summed E-state index contributed by atoms with van der Waals surface area (Å²) in [7, 11) is 1.32. The van der Waals surface area contributed by atoms with Gasteiger partial charge in [0, 0.05) is 13.1 Å². The highest BCUT2D eigenvalue weighted by Crippen LogP contribution is 2.28. The van der Waals surface area contributed by atoms with E-state index < -0.39 is 17.8 Å². The molecule has 1 aromatic heterocycles. The van der Waals surface area contributed by atoms with Gasteiger partial charge < -0.3 is 5.32 Å². The molecule has 1 unspecified atom stereocenters. The van der Waals surface area contributed by atoms with Crippen LogP contribution in [0, 0.1) is 6.92 Å². The van der Waals surface area contributed by atoms with E-state index in [2.05, 4.69) is 10.4 Å². The van der Waals surface area contributed by atoms with Gasteiger partial charge in [-0.25, -0.2) is 0 Å². The predicted octanol–water partition coefficient (Wildman–Crippen LogP) is 3.63. The Balaban J connectivity index is 2.20. The summed E-state index contributed by atoms with van der Waals surface area (Å²) in [4.78, 5) is 12.3. The van der Waals surface area contributed by atoms with Crippen LogP contribution >= 0.6 is 0 Å². The molecule has 0 aliphatic heterocycles. The Labute approximate surface area is 132 Å². The van der Waals surface area contributed by atoms with Gasteiger partial charge in [0.05, 0.1) is 6.04 Å². The van der Waals surface area contributed by atoms with Crippen molar-refractivity contribution < 1.29 is 18.0 Å². The number of rotatable bonds is 4. The minimum absolute atomic E-state index is 0.122. The number of carbonyl (C=O) groups excluding carboxylic acids is 1. The van der Waals surface area contributed by atoms with Crippen LogP contribution in [0.5, 0.6) is 0 Å². The summed E-state index contributed by atoms with van der Waals surface area (Å²) >= 11 is 0. The molecule has 0 spiro atoms. The molecule has 23 heavy (non-hydrogen) atoms. The van der Waals surface area contributed by atoms with E-state index in [1.54, 1.807) is 0 Å². The Morgan fingerprint density at radius 3 is 2.39 bits per heavy atom. The average molecular weight is 325 g/mol. The van der Waals surface area contributed by atoms with Gasteiger partial charge in [0.2, 0.25) is 0 Å². The third-order valence-corrected chi connectivity index (χ3v) is 3.60. The lowest BCUT2D eigenvalue weighted by atomic mass is 10.0. The molecular weight excluding hydrogens is 307 g/mol. The highest BCUT2D eigenvalue weighted by Gasteiger charge is 2.35. The van der Waals surface area contributed by atoms with Crippen LogP contribution < -0.4 is 5.32 Å². The molecule has 1 atom stereocenters. The van der Waals surface area contributed by atoms with Gasteiger partial charge in [-0.2, -0.15) is 18.3 Å². The van der Waals surface area contributed by atoms with Gasteiger partial charge in [-0.15, -0.1) is 0 Å². The number of hydrogen-bond donors (Lipinski definition) is 1. The van der Waals surface area contributed by atoms with Crippen LogP contribution in [-0.2, 0) is 13.2 Å². The number of nitrogens with one attached hydrogen (secondary N) is 1. The van der Waals surface area contributed by atoms with Crippen molar-refractivity contribution in [3.05, 3.63) is 52.8 Å². The minimum atomic E-state index is -4.57. The third-order valence-electron chi connectivity index (χ3n) is 3.60. The Hall–Kier alpha value is -2.31. The summed E-state index contributed by atoms with van der Waals surface area (Å²) in [5.41, 5.74) is 0.803. The Morgan fingerprint density at radius 1 is 1.30 bits per heavy atom. The van der Waals surface area contributed by atoms with Crippen LogP contribution in [0.15, 0.2) is 30.3 Å². The van der Waals surface area contributed by atoms with Crippen LogP contribution in [0.3, 0.4) is 0 Å². The van der Waals surface area contributed by atoms with E-state index in [1.807, 2.05) is 38.1 Å². The highest BCUT2D eigenvalue weighted by atomic mass is 19.4. The van der Waals surface area contributed by atoms with E-state index >= 15 is 0 Å². The van der Waals surface area contributed by atoms with Crippen LogP contribution in [0.25, 0.3) is 0 Å². The van der Waals surface area contributed by atoms with E-state index in [9.17, 15) is 18.0 Å². The van der Waals surface area contributed by atoms with Gasteiger partial charge >= 0.3 is 6.18 Å². The molecule has 1 N–H and O–H groups in total. The van der Waals surface area contributed by atoms with Gasteiger partial charge in [-0.05, 0) is 18.9 Å². The molecule has 0 bridgehead atoms. The van der Waals surface area contributed by atoms with Crippen molar-refractivity contribution in [2.45, 2.75) is 32.5 Å². The maximum Gasteiger partial charge on any atom is 0.435 e. The van der Waals surface area contributed by atoms with Crippen molar-refractivity contribution in [2.75, 3.05) is 0 Å². The SMILES string of the molecule is CCC(NC(=O)c1cc(C(F)(F)F)nn1C)c1ccc(C)cc1. The molecule has 1 heterocycles. The van der Waals surface area contributed by atoms with E-state index in [0.717, 1.165) is 21.9 Å². The van der Waals surface area contributed by atoms with Gasteiger partial charge in [0.1, 0.15) is 5.69 Å². The van der Waals surface area contributed by atoms with Crippen molar-refractivity contribution >= 4 is 5.91 Å². The van der Waals surface area contributed by atoms with Gasteiger partial charge in [-0.1, -0.05) is 36.8 Å². The first-order chi connectivity index (χ1) is 10.7. The quantitative estimate of drug-likeness (QED) is 0.933. The molecule has 1 amide bonds. The Kier molecular flexibility index (Phi) is 4.77. The van der Waals surface area contributed by atoms with E-state index in [1.165, 1.54) is 7.05 Å². The van der Waals surface area contributed by atoms with Crippen molar-refractivity contribution in [1.29, 1.82) is 0 Å². The normalized spacial score (nSPS) is 13.0. The van der Waals surface area contributed by atoms with Crippen LogP contribution in [0.1, 0.15) is 46.7 Å². The topological polar surface area (TPSA) is 46.9 Å². The fraction of sp³-hybridized carbons (Fsp3) is 0.375. The number of aryl methyl sites for hydroxylation is 2. The van der Waals surface area contributed by atoms with Gasteiger partial charge in [0.15, 0.2) is 5.69 Å². The van der Waals surface area contributed by atoms with Gasteiger partial charge in [0.25, 0.3) is 5.91 Å². The summed E-state index contributed by atoms with van der Waals surface area (Å²) in [5, 5.41) is 6.11. The zero-order valence-corrected chi connectivity index (χ0v) is 13.1. The molecule has 0 aliphatic rings. The molecule has 0 saturated heterocycles. The van der Waals surface area contributed by atoms with Crippen LogP contribution in [-0.4, -0.2) is 15.7 Å². The number of aromatic nitrogens is 2. The Bertz CT molecular complexity index is 690. The summed E-state index contributed by atoms with van der Waals surface area (Å²) < 4.78 is 39.0. The van der Waals surface area contributed by atoms with Crippen molar-refractivity contribution in [2.24, 2.45) is 7.05 Å².